The summed E-state index contributed by atoms with van der Waals surface area (Å²) < 4.78 is 38.6. The number of anilines is 1. The van der Waals surface area contributed by atoms with Crippen molar-refractivity contribution < 1.29 is 18.0 Å². The number of aromatic nitrogens is 1. The largest absolute Gasteiger partial charge is 0.416 e. The molecule has 1 heterocycles. The molecule has 0 bridgehead atoms. The zero-order valence-corrected chi connectivity index (χ0v) is 15.9. The third kappa shape index (κ3) is 5.38. The van der Waals surface area contributed by atoms with Gasteiger partial charge in [0.2, 0.25) is 0 Å². The molecule has 0 aliphatic heterocycles. The van der Waals surface area contributed by atoms with E-state index in [0.717, 1.165) is 56.2 Å². The molecule has 2 aromatic rings. The van der Waals surface area contributed by atoms with Gasteiger partial charge in [-0.05, 0) is 61.9 Å². The van der Waals surface area contributed by atoms with Gasteiger partial charge in [0.15, 0.2) is 0 Å². The Hall–Kier alpha value is -2.28. The maximum Gasteiger partial charge on any atom is 0.416 e. The summed E-state index contributed by atoms with van der Waals surface area (Å²) in [6.45, 7) is 0.803. The predicted octanol–water partition coefficient (Wildman–Crippen LogP) is 5.15. The zero-order chi connectivity index (χ0) is 20.1. The average molecular weight is 412 g/mol. The van der Waals surface area contributed by atoms with Crippen molar-refractivity contribution in [3.05, 3.63) is 58.7 Å². The fraction of sp³-hybridized carbons (Fsp3) is 0.400. The Balaban J connectivity index is 1.51. The zero-order valence-electron chi connectivity index (χ0n) is 15.1. The van der Waals surface area contributed by atoms with Crippen molar-refractivity contribution in [3.8, 4) is 0 Å². The number of hydrogen-bond donors (Lipinski definition) is 2. The van der Waals surface area contributed by atoms with E-state index in [1.807, 2.05) is 18.2 Å². The number of hydrogen-bond acceptors (Lipinski definition) is 3. The molecule has 0 atom stereocenters. The van der Waals surface area contributed by atoms with E-state index in [1.165, 1.54) is 0 Å². The van der Waals surface area contributed by atoms with Crippen LogP contribution in [0.4, 0.5) is 19.0 Å². The molecule has 0 saturated heterocycles. The molecule has 150 valence electrons. The van der Waals surface area contributed by atoms with Crippen LogP contribution in [0.2, 0.25) is 5.02 Å². The summed E-state index contributed by atoms with van der Waals surface area (Å²) in [6, 6.07) is 8.41. The van der Waals surface area contributed by atoms with E-state index in [0.29, 0.717) is 5.92 Å². The first-order valence-electron chi connectivity index (χ1n) is 9.15. The van der Waals surface area contributed by atoms with Crippen molar-refractivity contribution in [2.45, 2.75) is 37.9 Å². The van der Waals surface area contributed by atoms with E-state index < -0.39 is 17.6 Å². The highest BCUT2D eigenvalue weighted by molar-refractivity contribution is 6.33. The van der Waals surface area contributed by atoms with E-state index in [2.05, 4.69) is 15.6 Å². The average Bonchev–Trinajstić information content (AvgIpc) is 2.67. The van der Waals surface area contributed by atoms with Crippen LogP contribution in [-0.2, 0) is 6.18 Å². The fourth-order valence-corrected chi connectivity index (χ4v) is 3.57. The minimum atomic E-state index is -4.52. The standard InChI is InChI=1S/C20H21ClF3N3O/c21-17-9-6-14(20(22,23)24)11-16(17)19(28)27-15-7-4-13(5-8-15)12-26-18-3-1-2-10-25-18/h1-3,6,9-11,13,15H,4-5,7-8,12H2,(H,25,26)(H,27,28)/t13-,15-. The molecule has 1 aliphatic carbocycles. The molecule has 28 heavy (non-hydrogen) atoms. The molecule has 8 heteroatoms. The number of halogens is 4. The fourth-order valence-electron chi connectivity index (χ4n) is 3.37. The molecule has 1 fully saturated rings. The van der Waals surface area contributed by atoms with Gasteiger partial charge in [0.1, 0.15) is 5.82 Å². The highest BCUT2D eigenvalue weighted by atomic mass is 35.5. The minimum absolute atomic E-state index is 0.0127. The maximum absolute atomic E-state index is 12.9. The second kappa shape index (κ2) is 8.82. The van der Waals surface area contributed by atoms with Crippen molar-refractivity contribution in [2.24, 2.45) is 5.92 Å². The summed E-state index contributed by atoms with van der Waals surface area (Å²) in [5, 5.41) is 6.14. The number of carbonyl (C=O) groups excluding carboxylic acids is 1. The van der Waals surface area contributed by atoms with Gasteiger partial charge in [-0.2, -0.15) is 13.2 Å². The highest BCUT2D eigenvalue weighted by Crippen LogP contribution is 2.32. The Bertz CT molecular complexity index is 806. The molecule has 1 aliphatic rings. The summed E-state index contributed by atoms with van der Waals surface area (Å²) in [5.41, 5.74) is -1.03. The van der Waals surface area contributed by atoms with Gasteiger partial charge in [0.05, 0.1) is 16.1 Å². The number of nitrogens with zero attached hydrogens (tertiary/aromatic N) is 1. The Morgan fingerprint density at radius 2 is 1.89 bits per heavy atom. The van der Waals surface area contributed by atoms with Crippen LogP contribution in [0.25, 0.3) is 0 Å². The van der Waals surface area contributed by atoms with Crippen molar-refractivity contribution in [1.82, 2.24) is 10.3 Å². The second-order valence-corrected chi connectivity index (χ2v) is 7.39. The van der Waals surface area contributed by atoms with E-state index in [9.17, 15) is 18.0 Å². The van der Waals surface area contributed by atoms with Crippen LogP contribution < -0.4 is 10.6 Å². The molecule has 4 nitrogen and oxygen atoms in total. The van der Waals surface area contributed by atoms with Gasteiger partial charge in [0, 0.05) is 18.8 Å². The summed E-state index contributed by atoms with van der Waals surface area (Å²) in [5.74, 6) is 0.732. The topological polar surface area (TPSA) is 54.0 Å². The van der Waals surface area contributed by atoms with Gasteiger partial charge < -0.3 is 10.6 Å². The lowest BCUT2D eigenvalue weighted by Crippen LogP contribution is -2.38. The van der Waals surface area contributed by atoms with Crippen LogP contribution in [0.15, 0.2) is 42.6 Å². The van der Waals surface area contributed by atoms with Gasteiger partial charge >= 0.3 is 6.18 Å². The normalized spacial score (nSPS) is 19.9. The summed E-state index contributed by atoms with van der Waals surface area (Å²) in [6.07, 6.45) is 0.599. The highest BCUT2D eigenvalue weighted by Gasteiger charge is 2.32. The number of amides is 1. The first-order chi connectivity index (χ1) is 13.3. The summed E-state index contributed by atoms with van der Waals surface area (Å²) >= 11 is 5.94. The Morgan fingerprint density at radius 1 is 1.14 bits per heavy atom. The van der Waals surface area contributed by atoms with Gasteiger partial charge in [-0.1, -0.05) is 17.7 Å². The molecular formula is C20H21ClF3N3O. The Kier molecular flexibility index (Phi) is 6.44. The van der Waals surface area contributed by atoms with Crippen molar-refractivity contribution in [2.75, 3.05) is 11.9 Å². The van der Waals surface area contributed by atoms with E-state index >= 15 is 0 Å². The molecule has 0 spiro atoms. The van der Waals surface area contributed by atoms with Crippen LogP contribution in [0.1, 0.15) is 41.6 Å². The molecule has 1 aromatic heterocycles. The van der Waals surface area contributed by atoms with Crippen LogP contribution >= 0.6 is 11.6 Å². The SMILES string of the molecule is O=C(N[C@H]1CC[C@H](CNc2ccccn2)CC1)c1cc(C(F)(F)F)ccc1Cl. The molecule has 1 saturated carbocycles. The Morgan fingerprint density at radius 3 is 2.54 bits per heavy atom. The van der Waals surface area contributed by atoms with E-state index in [-0.39, 0.29) is 16.6 Å². The van der Waals surface area contributed by atoms with Gasteiger partial charge in [-0.25, -0.2) is 4.98 Å². The van der Waals surface area contributed by atoms with Gasteiger partial charge in [-0.3, -0.25) is 4.79 Å². The molecular weight excluding hydrogens is 391 g/mol. The summed E-state index contributed by atoms with van der Waals surface area (Å²) in [4.78, 5) is 16.6. The smallest absolute Gasteiger partial charge is 0.370 e. The van der Waals surface area contributed by atoms with Crippen molar-refractivity contribution in [1.29, 1.82) is 0 Å². The number of nitrogens with one attached hydrogen (secondary N) is 2. The number of rotatable bonds is 5. The van der Waals surface area contributed by atoms with Gasteiger partial charge in [-0.15, -0.1) is 0 Å². The number of pyridine rings is 1. The quantitative estimate of drug-likeness (QED) is 0.715. The lowest BCUT2D eigenvalue weighted by atomic mass is 9.86. The van der Waals surface area contributed by atoms with E-state index in [1.54, 1.807) is 6.20 Å². The first kappa shape index (κ1) is 20.5. The van der Waals surface area contributed by atoms with Crippen molar-refractivity contribution >= 4 is 23.3 Å². The third-order valence-corrected chi connectivity index (χ3v) is 5.29. The molecule has 2 N–H and O–H groups in total. The summed E-state index contributed by atoms with van der Waals surface area (Å²) in [7, 11) is 0. The predicted molar refractivity (Wildman–Crippen MR) is 102 cm³/mol. The monoisotopic (exact) mass is 411 g/mol. The van der Waals surface area contributed by atoms with Crippen LogP contribution in [0.3, 0.4) is 0 Å². The minimum Gasteiger partial charge on any atom is -0.370 e. The molecule has 1 amide bonds. The van der Waals surface area contributed by atoms with Crippen LogP contribution in [0, 0.1) is 5.92 Å². The lowest BCUT2D eigenvalue weighted by molar-refractivity contribution is -0.137. The molecule has 1 aromatic carbocycles. The van der Waals surface area contributed by atoms with Crippen molar-refractivity contribution in [3.63, 3.8) is 0 Å². The number of carbonyl (C=O) groups is 1. The van der Waals surface area contributed by atoms with E-state index in [4.69, 9.17) is 11.6 Å². The number of benzene rings is 1. The van der Waals surface area contributed by atoms with Crippen LogP contribution in [-0.4, -0.2) is 23.5 Å². The van der Waals surface area contributed by atoms with Gasteiger partial charge in [0.25, 0.3) is 5.91 Å². The molecule has 3 rings (SSSR count). The first-order valence-corrected chi connectivity index (χ1v) is 9.53. The molecule has 0 unspecified atom stereocenters. The Labute approximate surface area is 166 Å². The lowest BCUT2D eigenvalue weighted by Gasteiger charge is -2.29. The second-order valence-electron chi connectivity index (χ2n) is 6.98. The number of alkyl halides is 3. The maximum atomic E-state index is 12.9. The van der Waals surface area contributed by atoms with Crippen LogP contribution in [0.5, 0.6) is 0 Å². The third-order valence-electron chi connectivity index (χ3n) is 4.96. The molecule has 0 radical (unpaired) electrons.